The van der Waals surface area contributed by atoms with Gasteiger partial charge in [0.2, 0.25) is 5.91 Å². The van der Waals surface area contributed by atoms with E-state index in [0.717, 1.165) is 16.6 Å². The Bertz CT molecular complexity index is 1440. The lowest BCUT2D eigenvalue weighted by atomic mass is 10.1. The third-order valence-electron chi connectivity index (χ3n) is 6.48. The number of carbonyl (C=O) groups excluding carboxylic acids is 1. The lowest BCUT2D eigenvalue weighted by Crippen LogP contribution is -2.55. The fourth-order valence-corrected chi connectivity index (χ4v) is 6.39. The van der Waals surface area contributed by atoms with Crippen LogP contribution < -0.4 is 9.62 Å². The molecule has 186 valence electrons. The fourth-order valence-electron chi connectivity index (χ4n) is 4.60. The van der Waals surface area contributed by atoms with Gasteiger partial charge in [-0.2, -0.15) is 0 Å². The van der Waals surface area contributed by atoms with Gasteiger partial charge in [0.15, 0.2) is 5.13 Å². The van der Waals surface area contributed by atoms with Gasteiger partial charge < -0.3 is 14.4 Å². The maximum absolute atomic E-state index is 13.4. The molecule has 1 fully saturated rings. The molecule has 1 N–H and O–H groups in total. The molecule has 8 nitrogen and oxygen atoms in total. The molecule has 1 saturated heterocycles. The third-order valence-corrected chi connectivity index (χ3v) is 8.65. The number of carbonyl (C=O) groups is 1. The normalized spacial score (nSPS) is 17.5. The van der Waals surface area contributed by atoms with Crippen molar-refractivity contribution in [3.8, 4) is 0 Å². The average molecular weight is 514 g/mol. The van der Waals surface area contributed by atoms with E-state index in [2.05, 4.69) is 27.6 Å². The summed E-state index contributed by atoms with van der Waals surface area (Å²) in [6.07, 6.45) is 3.53. The Labute approximate surface area is 211 Å². The number of piperazine rings is 1. The Balaban J connectivity index is 0.00000190. The van der Waals surface area contributed by atoms with Crippen LogP contribution in [0.5, 0.6) is 0 Å². The van der Waals surface area contributed by atoms with Crippen molar-refractivity contribution in [1.82, 2.24) is 14.5 Å². The molecule has 2 aromatic heterocycles. The number of nitrogens with one attached hydrogen (secondary N) is 1. The average Bonchev–Trinajstić information content (AvgIpc) is 3.53. The van der Waals surface area contributed by atoms with Crippen LogP contribution in [0.25, 0.3) is 10.9 Å². The highest BCUT2D eigenvalue weighted by molar-refractivity contribution is 7.93. The molecule has 0 saturated carbocycles. The molecule has 0 radical (unpaired) electrons. The highest BCUT2D eigenvalue weighted by Gasteiger charge is 2.31. The number of rotatable bonds is 6. The van der Waals surface area contributed by atoms with Crippen molar-refractivity contribution in [3.05, 3.63) is 72.4 Å². The number of benzene rings is 2. The summed E-state index contributed by atoms with van der Waals surface area (Å²) in [5.41, 5.74) is 1.99. The first-order chi connectivity index (χ1) is 16.8. The van der Waals surface area contributed by atoms with E-state index in [1.165, 1.54) is 11.3 Å². The summed E-state index contributed by atoms with van der Waals surface area (Å²) in [6, 6.07) is 16.7. The molecule has 1 amide bonds. The second-order valence-corrected chi connectivity index (χ2v) is 11.3. The van der Waals surface area contributed by atoms with Gasteiger partial charge in [-0.15, -0.1) is 11.3 Å². The molecule has 0 spiro atoms. The van der Waals surface area contributed by atoms with Gasteiger partial charge in [-0.1, -0.05) is 18.2 Å². The molecule has 1 aliphatic rings. The van der Waals surface area contributed by atoms with Gasteiger partial charge in [-0.3, -0.25) is 9.52 Å². The second kappa shape index (κ2) is 9.35. The summed E-state index contributed by atoms with van der Waals surface area (Å²) in [4.78, 5) is 21.7. The quantitative estimate of drug-likeness (QED) is 0.404. The maximum Gasteiger partial charge on any atom is 0.263 e. The van der Waals surface area contributed by atoms with Crippen LogP contribution in [0.15, 0.2) is 77.3 Å². The van der Waals surface area contributed by atoms with Gasteiger partial charge in [-0.25, -0.2) is 13.4 Å². The molecule has 5 rings (SSSR count). The summed E-state index contributed by atoms with van der Waals surface area (Å²) in [6.45, 7) is 5.97. The van der Waals surface area contributed by atoms with Gasteiger partial charge in [-0.05, 0) is 55.6 Å². The zero-order valence-electron chi connectivity index (χ0n) is 19.5. The van der Waals surface area contributed by atoms with Crippen LogP contribution in [0.1, 0.15) is 22.7 Å². The van der Waals surface area contributed by atoms with E-state index >= 15 is 0 Å². The Hall–Kier alpha value is -3.37. The van der Waals surface area contributed by atoms with Crippen LogP contribution in [0, 0.1) is 0 Å². The SMILES string of the molecule is CC(C(=O)N1CCN(c2ccc(S(=O)(=O)Nc3nccs3)cc2)C[C@@H]1C)n1ccc2ccccc21.[HH].[HH]. The monoisotopic (exact) mass is 513 g/mol. The number of sulfonamides is 1. The molecule has 1 aliphatic heterocycles. The number of nitrogens with zero attached hydrogens (tertiary/aromatic N) is 4. The zero-order chi connectivity index (χ0) is 24.6. The largest absolute Gasteiger partial charge is 0.368 e. The van der Waals surface area contributed by atoms with E-state index in [-0.39, 0.29) is 25.7 Å². The summed E-state index contributed by atoms with van der Waals surface area (Å²) >= 11 is 1.23. The maximum atomic E-state index is 13.4. The van der Waals surface area contributed by atoms with Crippen molar-refractivity contribution in [2.24, 2.45) is 0 Å². The van der Waals surface area contributed by atoms with E-state index in [1.54, 1.807) is 23.7 Å². The number of hydrogen-bond acceptors (Lipinski definition) is 6. The molecule has 0 aliphatic carbocycles. The zero-order valence-corrected chi connectivity index (χ0v) is 21.2. The number of hydrogen-bond donors (Lipinski definition) is 1. The lowest BCUT2D eigenvalue weighted by Gasteiger charge is -2.42. The fraction of sp³-hybridized carbons (Fsp3) is 0.280. The number of amides is 1. The van der Waals surface area contributed by atoms with Gasteiger partial charge in [0.05, 0.1) is 4.90 Å². The van der Waals surface area contributed by atoms with Crippen molar-refractivity contribution in [2.45, 2.75) is 30.8 Å². The Morgan fingerprint density at radius 2 is 1.91 bits per heavy atom. The Morgan fingerprint density at radius 3 is 2.63 bits per heavy atom. The van der Waals surface area contributed by atoms with Crippen molar-refractivity contribution >= 4 is 49.0 Å². The molecular formula is C25H31N5O3S2. The first-order valence-corrected chi connectivity index (χ1v) is 13.8. The molecule has 1 unspecified atom stereocenters. The van der Waals surface area contributed by atoms with Crippen LogP contribution in [0.4, 0.5) is 10.8 Å². The van der Waals surface area contributed by atoms with Gasteiger partial charge in [0.25, 0.3) is 10.0 Å². The van der Waals surface area contributed by atoms with E-state index in [1.807, 2.05) is 59.0 Å². The minimum atomic E-state index is -3.68. The van der Waals surface area contributed by atoms with E-state index < -0.39 is 10.0 Å². The Morgan fingerprint density at radius 1 is 1.14 bits per heavy atom. The molecular weight excluding hydrogens is 482 g/mol. The molecule has 35 heavy (non-hydrogen) atoms. The third kappa shape index (κ3) is 4.63. The summed E-state index contributed by atoms with van der Waals surface area (Å²) in [5.74, 6) is 0.105. The number of para-hydroxylation sites is 1. The molecule has 3 heterocycles. The summed E-state index contributed by atoms with van der Waals surface area (Å²) in [5, 5.41) is 3.18. The van der Waals surface area contributed by atoms with Crippen LogP contribution in [-0.2, 0) is 14.8 Å². The predicted molar refractivity (Wildman–Crippen MR) is 144 cm³/mol. The summed E-state index contributed by atoms with van der Waals surface area (Å²) in [7, 11) is -3.68. The Kier molecular flexibility index (Phi) is 6.24. The van der Waals surface area contributed by atoms with Crippen LogP contribution in [0.3, 0.4) is 0 Å². The highest BCUT2D eigenvalue weighted by atomic mass is 32.2. The van der Waals surface area contributed by atoms with Crippen molar-refractivity contribution in [1.29, 1.82) is 0 Å². The number of fused-ring (bicyclic) bond motifs is 1. The smallest absolute Gasteiger partial charge is 0.263 e. The minimum Gasteiger partial charge on any atom is -0.368 e. The highest BCUT2D eigenvalue weighted by Crippen LogP contribution is 2.26. The van der Waals surface area contributed by atoms with Gasteiger partial charge in [0, 0.05) is 57.5 Å². The molecule has 0 bridgehead atoms. The van der Waals surface area contributed by atoms with Gasteiger partial charge in [0.1, 0.15) is 6.04 Å². The molecule has 2 aromatic carbocycles. The predicted octanol–water partition coefficient (Wildman–Crippen LogP) is 4.69. The molecule has 10 heteroatoms. The van der Waals surface area contributed by atoms with Crippen LogP contribution >= 0.6 is 11.3 Å². The van der Waals surface area contributed by atoms with E-state index in [0.29, 0.717) is 24.8 Å². The standard InChI is InChI=1S/C25H27N5O3S2.2H2/c1-18-17-28(21-7-9-22(10-8-21)35(32,33)27-25-26-12-16-34-25)14-15-29(18)24(31)19(2)30-13-11-20-5-3-4-6-23(20)30;;/h3-13,16,18-19H,14-15,17H2,1-2H3,(H,26,27);2*1H/t18-,19?;;/m0../s1. The molecule has 2 atom stereocenters. The van der Waals surface area contributed by atoms with E-state index in [9.17, 15) is 13.2 Å². The topological polar surface area (TPSA) is 87.5 Å². The minimum absolute atomic E-state index is 0. The number of aromatic nitrogens is 2. The number of anilines is 2. The van der Waals surface area contributed by atoms with Crippen LogP contribution in [0.2, 0.25) is 0 Å². The van der Waals surface area contributed by atoms with Gasteiger partial charge >= 0.3 is 0 Å². The second-order valence-electron chi connectivity index (χ2n) is 8.72. The van der Waals surface area contributed by atoms with Crippen molar-refractivity contribution in [2.75, 3.05) is 29.3 Å². The lowest BCUT2D eigenvalue weighted by molar-refractivity contribution is -0.136. The van der Waals surface area contributed by atoms with E-state index in [4.69, 9.17) is 0 Å². The van der Waals surface area contributed by atoms with Crippen LogP contribution in [-0.4, -0.2) is 54.5 Å². The molecule has 4 aromatic rings. The van der Waals surface area contributed by atoms with Crippen molar-refractivity contribution < 1.29 is 16.1 Å². The van der Waals surface area contributed by atoms with Crippen molar-refractivity contribution in [3.63, 3.8) is 0 Å². The summed E-state index contributed by atoms with van der Waals surface area (Å²) < 4.78 is 29.7. The number of thiazole rings is 1. The first kappa shape index (κ1) is 23.4. The first-order valence-electron chi connectivity index (χ1n) is 11.5.